The fraction of sp³-hybridized carbons (Fsp3) is 0.875. The molecule has 6 nitrogen and oxygen atoms in total. The van der Waals surface area contributed by atoms with Crippen molar-refractivity contribution in [3.63, 3.8) is 0 Å². The molecule has 128 valence electrons. The summed E-state index contributed by atoms with van der Waals surface area (Å²) < 4.78 is 0. The third kappa shape index (κ3) is 4.95. The Balaban J connectivity index is 0.000000220. The quantitative estimate of drug-likeness (QED) is 0.628. The van der Waals surface area contributed by atoms with Gasteiger partial charge in [-0.25, -0.2) is 0 Å². The van der Waals surface area contributed by atoms with E-state index in [-0.39, 0.29) is 23.7 Å². The summed E-state index contributed by atoms with van der Waals surface area (Å²) in [6.07, 6.45) is 2.50. The first-order valence-electron chi connectivity index (χ1n) is 7.72. The summed E-state index contributed by atoms with van der Waals surface area (Å²) >= 11 is 0. The van der Waals surface area contributed by atoms with Crippen molar-refractivity contribution in [1.82, 2.24) is 0 Å². The lowest BCUT2D eigenvalue weighted by Gasteiger charge is -2.40. The van der Waals surface area contributed by atoms with Gasteiger partial charge in [-0.1, -0.05) is 0 Å². The molecule has 22 heavy (non-hydrogen) atoms. The Morgan fingerprint density at radius 3 is 1.09 bits per heavy atom. The molecule has 2 aliphatic carbocycles. The van der Waals surface area contributed by atoms with E-state index in [1.807, 2.05) is 0 Å². The third-order valence-corrected chi connectivity index (χ3v) is 4.97. The highest BCUT2D eigenvalue weighted by Gasteiger charge is 2.42. The maximum atomic E-state index is 10.4. The van der Waals surface area contributed by atoms with Gasteiger partial charge in [-0.3, -0.25) is 9.59 Å². The average molecular weight is 316 g/mol. The molecular weight excluding hydrogens is 288 g/mol. The Morgan fingerprint density at radius 1 is 0.727 bits per heavy atom. The Hall–Kier alpha value is -1.14. The summed E-state index contributed by atoms with van der Waals surface area (Å²) in [7, 11) is 0. The number of aliphatic hydroxyl groups is 2. The molecule has 0 saturated heterocycles. The van der Waals surface area contributed by atoms with Crippen molar-refractivity contribution in [2.45, 2.75) is 64.6 Å². The predicted octanol–water partition coefficient (Wildman–Crippen LogP) is 1.74. The van der Waals surface area contributed by atoms with Gasteiger partial charge in [-0.2, -0.15) is 0 Å². The Morgan fingerprint density at radius 2 is 0.955 bits per heavy atom. The zero-order valence-corrected chi connectivity index (χ0v) is 13.7. The first-order chi connectivity index (χ1) is 9.82. The molecule has 0 aliphatic heterocycles. The van der Waals surface area contributed by atoms with Crippen LogP contribution in [0.5, 0.6) is 0 Å². The highest BCUT2D eigenvalue weighted by Crippen LogP contribution is 2.41. The first kappa shape index (κ1) is 18.9. The number of carboxylic acids is 2. The molecule has 0 unspecified atom stereocenters. The molecule has 0 aromatic heterocycles. The fourth-order valence-corrected chi connectivity index (χ4v) is 2.79. The number of hydrogen-bond acceptors (Lipinski definition) is 4. The van der Waals surface area contributed by atoms with E-state index in [1.54, 1.807) is 27.7 Å². The fourth-order valence-electron chi connectivity index (χ4n) is 2.79. The van der Waals surface area contributed by atoms with Gasteiger partial charge in [0.1, 0.15) is 0 Å². The molecule has 2 saturated carbocycles. The molecule has 2 fully saturated rings. The van der Waals surface area contributed by atoms with Crippen LogP contribution >= 0.6 is 0 Å². The lowest BCUT2D eigenvalue weighted by atomic mass is 9.67. The van der Waals surface area contributed by atoms with E-state index in [2.05, 4.69) is 0 Å². The van der Waals surface area contributed by atoms with E-state index in [9.17, 15) is 19.8 Å². The van der Waals surface area contributed by atoms with Gasteiger partial charge in [0.25, 0.3) is 0 Å². The number of carboxylic acid groups (broad SMARTS) is 2. The Kier molecular flexibility index (Phi) is 5.62. The van der Waals surface area contributed by atoms with Gasteiger partial charge in [-0.15, -0.1) is 0 Å². The zero-order valence-electron chi connectivity index (χ0n) is 13.7. The SMILES string of the molecule is CC(C)(O)C1CC(C(=O)O)C1.CC(C)(O)C1CC(C(=O)O)C1. The van der Waals surface area contributed by atoms with Crippen LogP contribution in [0.1, 0.15) is 53.4 Å². The van der Waals surface area contributed by atoms with Crippen molar-refractivity contribution in [3.8, 4) is 0 Å². The van der Waals surface area contributed by atoms with Gasteiger partial charge in [0, 0.05) is 0 Å². The summed E-state index contributed by atoms with van der Waals surface area (Å²) in [5.74, 6) is -1.55. The van der Waals surface area contributed by atoms with E-state index >= 15 is 0 Å². The van der Waals surface area contributed by atoms with Crippen LogP contribution in [0.25, 0.3) is 0 Å². The van der Waals surface area contributed by atoms with E-state index in [0.717, 1.165) is 0 Å². The molecule has 2 aliphatic rings. The number of carbonyl (C=O) groups is 2. The highest BCUT2D eigenvalue weighted by atomic mass is 16.4. The molecule has 0 atom stereocenters. The van der Waals surface area contributed by atoms with Crippen molar-refractivity contribution in [1.29, 1.82) is 0 Å². The van der Waals surface area contributed by atoms with Crippen molar-refractivity contribution < 1.29 is 30.0 Å². The van der Waals surface area contributed by atoms with Crippen LogP contribution in [-0.2, 0) is 9.59 Å². The minimum absolute atomic E-state index is 0.170. The van der Waals surface area contributed by atoms with Crippen molar-refractivity contribution in [2.24, 2.45) is 23.7 Å². The predicted molar refractivity (Wildman–Crippen MR) is 80.3 cm³/mol. The summed E-state index contributed by atoms with van der Waals surface area (Å²) in [5, 5.41) is 36.0. The molecule has 2 rings (SSSR count). The van der Waals surface area contributed by atoms with Crippen molar-refractivity contribution in [3.05, 3.63) is 0 Å². The molecule has 6 heteroatoms. The molecule has 0 amide bonds. The van der Waals surface area contributed by atoms with E-state index < -0.39 is 23.1 Å². The summed E-state index contributed by atoms with van der Waals surface area (Å²) in [6.45, 7) is 6.93. The van der Waals surface area contributed by atoms with Gasteiger partial charge in [0.05, 0.1) is 23.0 Å². The molecule has 4 N–H and O–H groups in total. The van der Waals surface area contributed by atoms with Gasteiger partial charge >= 0.3 is 11.9 Å². The lowest BCUT2D eigenvalue weighted by molar-refractivity contribution is -0.151. The topological polar surface area (TPSA) is 115 Å². The van der Waals surface area contributed by atoms with Gasteiger partial charge in [0.15, 0.2) is 0 Å². The molecule has 0 aromatic rings. The summed E-state index contributed by atoms with van der Waals surface area (Å²) in [5.41, 5.74) is -1.40. The monoisotopic (exact) mass is 316 g/mol. The van der Waals surface area contributed by atoms with E-state index in [1.165, 1.54) is 0 Å². The number of hydrogen-bond donors (Lipinski definition) is 4. The van der Waals surface area contributed by atoms with Crippen molar-refractivity contribution >= 4 is 11.9 Å². The molecule has 0 spiro atoms. The minimum atomic E-state index is -0.731. The van der Waals surface area contributed by atoms with Crippen LogP contribution in [0, 0.1) is 23.7 Å². The molecule has 0 aromatic carbocycles. The van der Waals surface area contributed by atoms with Crippen molar-refractivity contribution in [2.75, 3.05) is 0 Å². The van der Waals surface area contributed by atoms with Crippen LogP contribution in [0.2, 0.25) is 0 Å². The van der Waals surface area contributed by atoms with Crippen LogP contribution in [-0.4, -0.2) is 43.6 Å². The smallest absolute Gasteiger partial charge is 0.306 e. The van der Waals surface area contributed by atoms with Crippen LogP contribution in [0.3, 0.4) is 0 Å². The standard InChI is InChI=1S/2C8H14O3/c2*1-8(2,11)6-3-5(4-6)7(9)10/h2*5-6,11H,3-4H2,1-2H3,(H,9,10). The molecule has 0 heterocycles. The second-order valence-corrected chi connectivity index (χ2v) is 7.71. The normalized spacial score (nSPS) is 31.2. The summed E-state index contributed by atoms with van der Waals surface area (Å²) in [4.78, 5) is 20.7. The second-order valence-electron chi connectivity index (χ2n) is 7.71. The van der Waals surface area contributed by atoms with Gasteiger partial charge in [0.2, 0.25) is 0 Å². The zero-order chi connectivity index (χ0) is 17.3. The Bertz CT molecular complexity index is 365. The largest absolute Gasteiger partial charge is 0.481 e. The second kappa shape index (κ2) is 6.54. The third-order valence-electron chi connectivity index (χ3n) is 4.97. The maximum absolute atomic E-state index is 10.4. The summed E-state index contributed by atoms with van der Waals surface area (Å²) in [6, 6.07) is 0. The van der Waals surface area contributed by atoms with Crippen LogP contribution in [0.15, 0.2) is 0 Å². The highest BCUT2D eigenvalue weighted by molar-refractivity contribution is 5.71. The number of aliphatic carboxylic acids is 2. The minimum Gasteiger partial charge on any atom is -0.481 e. The molecule has 0 radical (unpaired) electrons. The van der Waals surface area contributed by atoms with E-state index in [4.69, 9.17) is 10.2 Å². The first-order valence-corrected chi connectivity index (χ1v) is 7.72. The molecular formula is C16H28O6. The maximum Gasteiger partial charge on any atom is 0.306 e. The lowest BCUT2D eigenvalue weighted by Crippen LogP contribution is -2.43. The van der Waals surface area contributed by atoms with E-state index in [0.29, 0.717) is 25.7 Å². The van der Waals surface area contributed by atoms with Gasteiger partial charge in [-0.05, 0) is 65.2 Å². The van der Waals surface area contributed by atoms with Crippen LogP contribution in [0.4, 0.5) is 0 Å². The molecule has 0 bridgehead atoms. The number of rotatable bonds is 4. The average Bonchev–Trinajstić information content (AvgIpc) is 2.05. The Labute approximate surface area is 131 Å². The van der Waals surface area contributed by atoms with Crippen LogP contribution < -0.4 is 0 Å². The van der Waals surface area contributed by atoms with Gasteiger partial charge < -0.3 is 20.4 Å².